The Hall–Kier alpha value is -3.86. The molecule has 5 aliphatic rings. The van der Waals surface area contributed by atoms with Crippen LogP contribution in [0.1, 0.15) is 35.7 Å². The molecule has 2 aromatic carbocycles. The Morgan fingerprint density at radius 1 is 0.897 bits per heavy atom. The summed E-state index contributed by atoms with van der Waals surface area (Å²) in [5.74, 6) is -0.775. The molecule has 4 heterocycles. The minimum atomic E-state index is -2.08. The van der Waals surface area contributed by atoms with Crippen LogP contribution in [0.2, 0.25) is 0 Å². The number of fused-ring (bicyclic) bond motifs is 3. The lowest BCUT2D eigenvalue weighted by Crippen LogP contribution is -2.68. The summed E-state index contributed by atoms with van der Waals surface area (Å²) in [6, 6.07) is 13.4. The van der Waals surface area contributed by atoms with Crippen LogP contribution in [0.15, 0.2) is 60.7 Å². The van der Waals surface area contributed by atoms with Gasteiger partial charge in [0.15, 0.2) is 36.9 Å². The second-order valence-corrected chi connectivity index (χ2v) is 15.5. The largest absolute Gasteiger partial charge is 0.445 e. The molecule has 1 aliphatic carbocycles. The molecule has 1 saturated carbocycles. The maximum Gasteiger partial charge on any atom is 0.410 e. The fraction of sp³-hybridized carbons (Fsp3) is 0.615. The van der Waals surface area contributed by atoms with E-state index < -0.39 is 123 Å². The minimum absolute atomic E-state index is 0.0526. The Labute approximate surface area is 333 Å². The van der Waals surface area contributed by atoms with Gasteiger partial charge < -0.3 is 70.0 Å². The van der Waals surface area contributed by atoms with Gasteiger partial charge in [0, 0.05) is 24.6 Å². The molecule has 5 fully saturated rings. The van der Waals surface area contributed by atoms with Crippen molar-refractivity contribution >= 4 is 18.0 Å². The molecule has 318 valence electrons. The summed E-state index contributed by atoms with van der Waals surface area (Å²) in [6.45, 7) is 0.937. The van der Waals surface area contributed by atoms with Gasteiger partial charge in [-0.1, -0.05) is 67.6 Å². The number of ketones is 1. The molecule has 17 atom stereocenters. The molecule has 4 aliphatic heterocycles. The predicted molar refractivity (Wildman–Crippen MR) is 196 cm³/mol. The van der Waals surface area contributed by atoms with E-state index >= 15 is 4.39 Å². The van der Waals surface area contributed by atoms with E-state index in [4.69, 9.17) is 38.9 Å². The maximum atomic E-state index is 16.5. The molecule has 9 unspecified atom stereocenters. The number of hydrogen-bond donors (Lipinski definition) is 7. The highest BCUT2D eigenvalue weighted by molar-refractivity contribution is 5.97. The summed E-state index contributed by atoms with van der Waals surface area (Å²) < 4.78 is 58.4. The lowest BCUT2D eigenvalue weighted by atomic mass is 9.83. The van der Waals surface area contributed by atoms with Crippen molar-refractivity contribution < 1.29 is 72.4 Å². The smallest absolute Gasteiger partial charge is 0.410 e. The van der Waals surface area contributed by atoms with Crippen molar-refractivity contribution in [3.63, 3.8) is 0 Å². The first-order valence-corrected chi connectivity index (χ1v) is 19.4. The molecule has 7 rings (SSSR count). The summed E-state index contributed by atoms with van der Waals surface area (Å²) in [6.07, 6.45) is -17.4. The van der Waals surface area contributed by atoms with E-state index in [1.807, 2.05) is 6.07 Å². The number of alkyl carbamates (subject to hydrolysis) is 1. The van der Waals surface area contributed by atoms with Crippen LogP contribution in [0.5, 0.6) is 0 Å². The van der Waals surface area contributed by atoms with Crippen LogP contribution >= 0.6 is 0 Å². The molecule has 2 amide bonds. The van der Waals surface area contributed by atoms with Gasteiger partial charge in [0.25, 0.3) is 0 Å². The zero-order valence-corrected chi connectivity index (χ0v) is 31.9. The van der Waals surface area contributed by atoms with Crippen molar-refractivity contribution in [2.75, 3.05) is 20.2 Å². The number of carbonyl (C=O) groups excluding carboxylic acids is 3. The van der Waals surface area contributed by atoms with E-state index in [1.54, 1.807) is 61.5 Å². The van der Waals surface area contributed by atoms with Crippen LogP contribution in [0, 0.1) is 5.92 Å². The average molecular weight is 819 g/mol. The van der Waals surface area contributed by atoms with Crippen LogP contribution in [0.25, 0.3) is 0 Å². The molecule has 19 heteroatoms. The monoisotopic (exact) mass is 818 g/mol. The normalized spacial score (nSPS) is 39.9. The highest BCUT2D eigenvalue weighted by Gasteiger charge is 2.60. The zero-order chi connectivity index (χ0) is 41.2. The third-order valence-corrected chi connectivity index (χ3v) is 11.5. The number of aliphatic hydroxyl groups excluding tert-OH is 4. The Morgan fingerprint density at radius 3 is 2.31 bits per heavy atom. The summed E-state index contributed by atoms with van der Waals surface area (Å²) in [7, 11) is 1.45. The molecule has 58 heavy (non-hydrogen) atoms. The lowest BCUT2D eigenvalue weighted by Gasteiger charge is -2.51. The zero-order valence-electron chi connectivity index (χ0n) is 31.9. The van der Waals surface area contributed by atoms with Crippen LogP contribution in [0.4, 0.5) is 14.0 Å². The summed E-state index contributed by atoms with van der Waals surface area (Å²) in [5, 5.41) is 47.8. The second kappa shape index (κ2) is 18.2. The first kappa shape index (κ1) is 42.3. The molecule has 8 N–H and O–H groups in total. The van der Waals surface area contributed by atoms with Gasteiger partial charge in [-0.05, 0) is 18.4 Å². The van der Waals surface area contributed by atoms with Gasteiger partial charge in [-0.2, -0.15) is 0 Å². The molecule has 0 bridgehead atoms. The van der Waals surface area contributed by atoms with Gasteiger partial charge >= 0.3 is 12.2 Å². The fourth-order valence-corrected chi connectivity index (χ4v) is 8.23. The quantitative estimate of drug-likeness (QED) is 0.136. The Kier molecular flexibility index (Phi) is 13.3. The molecular formula is C39H51FN4O14. The highest BCUT2D eigenvalue weighted by Crippen LogP contribution is 2.42. The van der Waals surface area contributed by atoms with E-state index in [9.17, 15) is 34.8 Å². The van der Waals surface area contributed by atoms with Crippen molar-refractivity contribution in [2.24, 2.45) is 11.7 Å². The number of amides is 2. The van der Waals surface area contributed by atoms with E-state index in [2.05, 4.69) is 10.6 Å². The van der Waals surface area contributed by atoms with Crippen molar-refractivity contribution in [3.05, 3.63) is 71.8 Å². The third kappa shape index (κ3) is 8.85. The number of carbonyl (C=O) groups is 3. The highest BCUT2D eigenvalue weighted by atomic mass is 19.1. The molecule has 0 aromatic heterocycles. The van der Waals surface area contributed by atoms with E-state index in [0.717, 1.165) is 5.56 Å². The predicted octanol–water partition coefficient (Wildman–Crippen LogP) is -0.311. The molecule has 0 radical (unpaired) electrons. The molecule has 4 saturated heterocycles. The number of hydrogen-bond acceptors (Lipinski definition) is 16. The molecule has 2 aromatic rings. The number of halogens is 1. The number of alkyl halides is 1. The number of nitrogens with one attached hydrogen (secondary N) is 2. The second-order valence-electron chi connectivity index (χ2n) is 15.5. The SMILES string of the molecule is CC1C[C@@H]2OC(O[C@H]3OC(CO)[C@@H](N)[C@H](O)C3O)C3C(OC(=O)N3C)C2O[C@@H]1O[C@@H]1C(NC(=O)OCc2ccccc2)C[C@@H](NCC(=O)c2ccccc2)C(O)[C@H]1F. The number of nitrogens with two attached hydrogens (primary N) is 1. The van der Waals surface area contributed by atoms with Gasteiger partial charge in [0.1, 0.15) is 49.3 Å². The molecule has 0 spiro atoms. The Bertz CT molecular complexity index is 1720. The Balaban J connectivity index is 1.06. The van der Waals surface area contributed by atoms with E-state index in [0.29, 0.717) is 5.56 Å². The number of likely N-dealkylation sites (N-methyl/N-ethyl adjacent to an activating group) is 1. The van der Waals surface area contributed by atoms with Crippen molar-refractivity contribution in [2.45, 2.75) is 124 Å². The number of ether oxygens (including phenoxy) is 7. The van der Waals surface area contributed by atoms with E-state index in [-0.39, 0.29) is 31.8 Å². The first-order chi connectivity index (χ1) is 27.8. The molecular weight excluding hydrogens is 767 g/mol. The van der Waals surface area contributed by atoms with Gasteiger partial charge in [0.2, 0.25) is 0 Å². The Morgan fingerprint density at radius 2 is 1.60 bits per heavy atom. The molecule has 18 nitrogen and oxygen atoms in total. The first-order valence-electron chi connectivity index (χ1n) is 19.4. The van der Waals surface area contributed by atoms with Crippen molar-refractivity contribution in [3.8, 4) is 0 Å². The summed E-state index contributed by atoms with van der Waals surface area (Å²) >= 11 is 0. The number of benzene rings is 2. The maximum absolute atomic E-state index is 16.5. The number of nitrogens with zero attached hydrogens (tertiary/aromatic N) is 1. The van der Waals surface area contributed by atoms with Crippen molar-refractivity contribution in [1.29, 1.82) is 0 Å². The summed E-state index contributed by atoms with van der Waals surface area (Å²) in [4.78, 5) is 40.2. The summed E-state index contributed by atoms with van der Waals surface area (Å²) in [5.41, 5.74) is 7.06. The lowest BCUT2D eigenvalue weighted by molar-refractivity contribution is -0.374. The van der Waals surface area contributed by atoms with Gasteiger partial charge in [-0.3, -0.25) is 9.69 Å². The van der Waals surface area contributed by atoms with Crippen molar-refractivity contribution in [1.82, 2.24) is 15.5 Å². The van der Waals surface area contributed by atoms with Crippen LogP contribution in [-0.4, -0.2) is 162 Å². The van der Waals surface area contributed by atoms with Crippen LogP contribution in [-0.2, 0) is 39.8 Å². The standard InChI is InChI=1S/C39H51FN4O14/c1-18-13-24-33(34-28(44(2)39(51)57-34)36(53-24)58-37-31(49)30(48)27(41)25(16-45)54-37)56-35(18)55-32-22(43-38(50)52-17-19-9-5-3-6-10-19)14-21(29(47)26(32)40)42-15-23(46)20-11-7-4-8-12-20/h3-12,18,21-22,24-37,42,45,47-49H,13-17,41H2,1-2H3,(H,43,50)/t18?,21-,22?,24+,25?,26-,27-,28?,29?,30+,31?,32-,33?,34?,35+,36?,37-/m1/s1. The van der Waals surface area contributed by atoms with E-state index in [1.165, 1.54) is 11.9 Å². The number of aliphatic hydroxyl groups is 4. The fourth-order valence-electron chi connectivity index (χ4n) is 8.23. The average Bonchev–Trinajstić information content (AvgIpc) is 3.53. The van der Waals surface area contributed by atoms with Crippen LogP contribution < -0.4 is 16.4 Å². The van der Waals surface area contributed by atoms with Gasteiger partial charge in [-0.15, -0.1) is 0 Å². The topological polar surface area (TPSA) is 250 Å². The number of Topliss-reactive ketones (excluding diaryl/α,β-unsaturated/α-hetero) is 1. The third-order valence-electron chi connectivity index (χ3n) is 11.5. The number of rotatable bonds is 12. The minimum Gasteiger partial charge on any atom is -0.445 e. The van der Waals surface area contributed by atoms with Gasteiger partial charge in [-0.25, -0.2) is 14.0 Å². The van der Waals surface area contributed by atoms with Gasteiger partial charge in [0.05, 0.1) is 31.3 Å². The van der Waals surface area contributed by atoms with Crippen LogP contribution in [0.3, 0.4) is 0 Å².